The van der Waals surface area contributed by atoms with Gasteiger partial charge in [0, 0.05) is 5.69 Å². The van der Waals surface area contributed by atoms with Crippen LogP contribution in [0.5, 0.6) is 0 Å². The van der Waals surface area contributed by atoms with Crippen molar-refractivity contribution < 1.29 is 13.2 Å². The van der Waals surface area contributed by atoms with E-state index in [-0.39, 0.29) is 16.8 Å². The number of amides is 1. The Hall–Kier alpha value is -1.44. The normalized spacial score (nSPS) is 28.3. The van der Waals surface area contributed by atoms with E-state index in [1.807, 2.05) is 0 Å². The second-order valence-electron chi connectivity index (χ2n) is 5.80. The molecule has 1 amide bonds. The Bertz CT molecular complexity index is 642. The number of primary sulfonamides is 1. The Labute approximate surface area is 124 Å². The molecule has 1 heterocycles. The molecule has 3 atom stereocenters. The van der Waals surface area contributed by atoms with Crippen molar-refractivity contribution in [3.05, 3.63) is 24.3 Å². The van der Waals surface area contributed by atoms with Gasteiger partial charge in [0.2, 0.25) is 15.9 Å². The molecule has 0 bridgehead atoms. The fourth-order valence-electron chi connectivity index (χ4n) is 3.42. The summed E-state index contributed by atoms with van der Waals surface area (Å²) in [5, 5.41) is 11.2. The lowest BCUT2D eigenvalue weighted by Crippen LogP contribution is -2.39. The van der Waals surface area contributed by atoms with Gasteiger partial charge in [-0.3, -0.25) is 4.79 Å². The molecule has 114 valence electrons. The van der Waals surface area contributed by atoms with Crippen molar-refractivity contribution in [2.45, 2.75) is 30.2 Å². The molecule has 1 aromatic rings. The van der Waals surface area contributed by atoms with E-state index >= 15 is 0 Å². The molecule has 21 heavy (non-hydrogen) atoms. The fraction of sp³-hybridized carbons (Fsp3) is 0.500. The van der Waals surface area contributed by atoms with E-state index in [1.165, 1.54) is 25.0 Å². The predicted octanol–water partition coefficient (Wildman–Crippen LogP) is 0.661. The van der Waals surface area contributed by atoms with Gasteiger partial charge in [0.05, 0.1) is 10.9 Å². The minimum Gasteiger partial charge on any atom is -0.325 e. The van der Waals surface area contributed by atoms with Crippen molar-refractivity contribution in [3.8, 4) is 0 Å². The van der Waals surface area contributed by atoms with Crippen molar-refractivity contribution in [2.24, 2.45) is 17.0 Å². The number of fused-ring (bicyclic) bond motifs is 1. The van der Waals surface area contributed by atoms with Crippen LogP contribution in [0.4, 0.5) is 5.69 Å². The number of carbonyl (C=O) groups is 1. The van der Waals surface area contributed by atoms with Gasteiger partial charge in [-0.05, 0) is 55.5 Å². The molecule has 2 aliphatic rings. The summed E-state index contributed by atoms with van der Waals surface area (Å²) in [4.78, 5) is 12.4. The molecular formula is C14H19N3O3S. The molecule has 1 saturated carbocycles. The highest BCUT2D eigenvalue weighted by atomic mass is 32.2. The van der Waals surface area contributed by atoms with Gasteiger partial charge < -0.3 is 10.6 Å². The number of hydrogen-bond acceptors (Lipinski definition) is 4. The van der Waals surface area contributed by atoms with Crippen LogP contribution in [0.1, 0.15) is 19.3 Å². The zero-order valence-corrected chi connectivity index (χ0v) is 12.4. The van der Waals surface area contributed by atoms with Crippen LogP contribution in [0.25, 0.3) is 0 Å². The molecule has 2 fully saturated rings. The van der Waals surface area contributed by atoms with Gasteiger partial charge in [0.1, 0.15) is 0 Å². The Kier molecular flexibility index (Phi) is 3.73. The molecule has 3 rings (SSSR count). The Balaban J connectivity index is 1.68. The summed E-state index contributed by atoms with van der Waals surface area (Å²) in [6.45, 7) is 0.910. The number of nitrogens with two attached hydrogens (primary N) is 1. The highest BCUT2D eigenvalue weighted by molar-refractivity contribution is 7.89. The number of carbonyl (C=O) groups excluding carboxylic acids is 1. The first kappa shape index (κ1) is 14.5. The number of benzene rings is 1. The number of nitrogens with one attached hydrogen (secondary N) is 2. The average Bonchev–Trinajstić information content (AvgIpc) is 3.00. The quantitative estimate of drug-likeness (QED) is 0.763. The molecular weight excluding hydrogens is 290 g/mol. The van der Waals surface area contributed by atoms with Crippen LogP contribution >= 0.6 is 0 Å². The first-order chi connectivity index (χ1) is 9.95. The summed E-state index contributed by atoms with van der Waals surface area (Å²) in [6.07, 6.45) is 3.49. The predicted molar refractivity (Wildman–Crippen MR) is 79.1 cm³/mol. The van der Waals surface area contributed by atoms with Crippen molar-refractivity contribution in [1.29, 1.82) is 0 Å². The maximum Gasteiger partial charge on any atom is 0.241 e. The molecule has 3 unspecified atom stereocenters. The third kappa shape index (κ3) is 2.95. The minimum absolute atomic E-state index is 0.0374. The summed E-state index contributed by atoms with van der Waals surface area (Å²) in [6, 6.07) is 5.75. The van der Waals surface area contributed by atoms with Crippen molar-refractivity contribution >= 4 is 21.6 Å². The molecule has 4 N–H and O–H groups in total. The topological polar surface area (TPSA) is 101 Å². The highest BCUT2D eigenvalue weighted by Gasteiger charge is 2.42. The summed E-state index contributed by atoms with van der Waals surface area (Å²) in [5.74, 6) is 0.993. The summed E-state index contributed by atoms with van der Waals surface area (Å²) >= 11 is 0. The lowest BCUT2D eigenvalue weighted by atomic mass is 9.93. The third-order valence-electron chi connectivity index (χ3n) is 4.48. The second kappa shape index (κ2) is 5.40. The van der Waals surface area contributed by atoms with Gasteiger partial charge in [-0.15, -0.1) is 0 Å². The first-order valence-electron chi connectivity index (χ1n) is 7.12. The SMILES string of the molecule is NS(=O)(=O)c1ccc(NC(=O)C2NCC3CCCC32)cc1. The summed E-state index contributed by atoms with van der Waals surface area (Å²) in [5.41, 5.74) is 0.579. The molecule has 6 nitrogen and oxygen atoms in total. The molecule has 1 aliphatic carbocycles. The average molecular weight is 309 g/mol. The van der Waals surface area contributed by atoms with E-state index in [2.05, 4.69) is 10.6 Å². The lowest BCUT2D eigenvalue weighted by molar-refractivity contribution is -0.118. The van der Waals surface area contributed by atoms with Crippen molar-refractivity contribution in [2.75, 3.05) is 11.9 Å². The van der Waals surface area contributed by atoms with E-state index in [0.717, 1.165) is 13.0 Å². The standard InChI is InChI=1S/C14H19N3O3S/c15-21(19,20)11-6-4-10(5-7-11)17-14(18)13-12-3-1-2-9(12)8-16-13/h4-7,9,12-13,16H,1-3,8H2,(H,17,18)(H2,15,19,20). The smallest absolute Gasteiger partial charge is 0.241 e. The molecule has 1 aliphatic heterocycles. The second-order valence-corrected chi connectivity index (χ2v) is 7.36. The van der Waals surface area contributed by atoms with Crippen LogP contribution in [0, 0.1) is 11.8 Å². The van der Waals surface area contributed by atoms with Crippen LogP contribution in [-0.4, -0.2) is 26.9 Å². The number of sulfonamides is 1. The molecule has 7 heteroatoms. The number of rotatable bonds is 3. The minimum atomic E-state index is -3.70. The van der Waals surface area contributed by atoms with Crippen LogP contribution < -0.4 is 15.8 Å². The van der Waals surface area contributed by atoms with Crippen LogP contribution in [0.2, 0.25) is 0 Å². The largest absolute Gasteiger partial charge is 0.325 e. The van der Waals surface area contributed by atoms with Gasteiger partial charge in [-0.2, -0.15) is 0 Å². The molecule has 1 aromatic carbocycles. The third-order valence-corrected chi connectivity index (χ3v) is 5.41. The Morgan fingerprint density at radius 2 is 1.95 bits per heavy atom. The number of anilines is 1. The molecule has 1 saturated heterocycles. The molecule has 0 spiro atoms. The van der Waals surface area contributed by atoms with Gasteiger partial charge in [0.25, 0.3) is 0 Å². The van der Waals surface area contributed by atoms with Gasteiger partial charge in [-0.25, -0.2) is 13.6 Å². The van der Waals surface area contributed by atoms with E-state index < -0.39 is 10.0 Å². The molecule has 0 aromatic heterocycles. The monoisotopic (exact) mass is 309 g/mol. The van der Waals surface area contributed by atoms with E-state index in [4.69, 9.17) is 5.14 Å². The fourth-order valence-corrected chi connectivity index (χ4v) is 3.94. The zero-order chi connectivity index (χ0) is 15.0. The van der Waals surface area contributed by atoms with Crippen molar-refractivity contribution in [1.82, 2.24) is 5.32 Å². The summed E-state index contributed by atoms with van der Waals surface area (Å²) in [7, 11) is -3.70. The van der Waals surface area contributed by atoms with E-state index in [1.54, 1.807) is 12.1 Å². The van der Waals surface area contributed by atoms with Gasteiger partial charge in [0.15, 0.2) is 0 Å². The van der Waals surface area contributed by atoms with Crippen LogP contribution in [0.15, 0.2) is 29.2 Å². The maximum absolute atomic E-state index is 12.3. The maximum atomic E-state index is 12.3. The number of hydrogen-bond donors (Lipinski definition) is 3. The van der Waals surface area contributed by atoms with E-state index in [0.29, 0.717) is 17.5 Å². The van der Waals surface area contributed by atoms with Crippen molar-refractivity contribution in [3.63, 3.8) is 0 Å². The summed E-state index contributed by atoms with van der Waals surface area (Å²) < 4.78 is 22.4. The Morgan fingerprint density at radius 3 is 2.62 bits per heavy atom. The van der Waals surface area contributed by atoms with Crippen LogP contribution in [-0.2, 0) is 14.8 Å². The first-order valence-corrected chi connectivity index (χ1v) is 8.67. The van der Waals surface area contributed by atoms with E-state index in [9.17, 15) is 13.2 Å². The lowest BCUT2D eigenvalue weighted by Gasteiger charge is -2.17. The van der Waals surface area contributed by atoms with Gasteiger partial charge >= 0.3 is 0 Å². The Morgan fingerprint density at radius 1 is 1.24 bits per heavy atom. The highest BCUT2D eigenvalue weighted by Crippen LogP contribution is 2.37. The van der Waals surface area contributed by atoms with Gasteiger partial charge in [-0.1, -0.05) is 6.42 Å². The molecule has 0 radical (unpaired) electrons. The van der Waals surface area contributed by atoms with Crippen LogP contribution in [0.3, 0.4) is 0 Å². The zero-order valence-electron chi connectivity index (χ0n) is 11.6.